The van der Waals surface area contributed by atoms with Crippen molar-refractivity contribution in [1.82, 2.24) is 4.90 Å². The first kappa shape index (κ1) is 15.3. The molecular weight excluding hydrogens is 320 g/mol. The molecule has 0 spiro atoms. The predicted molar refractivity (Wildman–Crippen MR) is 82.6 cm³/mol. The summed E-state index contributed by atoms with van der Waals surface area (Å²) in [6, 6.07) is 5.52. The number of carbonyl (C=O) groups excluding carboxylic acids is 1. The molecule has 4 nitrogen and oxygen atoms in total. The number of ether oxygens (including phenoxy) is 1. The van der Waals surface area contributed by atoms with E-state index < -0.39 is 0 Å². The highest BCUT2D eigenvalue weighted by molar-refractivity contribution is 9.10. The number of likely N-dealkylation sites (tertiary alicyclic amines) is 1. The Morgan fingerprint density at radius 1 is 1.50 bits per heavy atom. The summed E-state index contributed by atoms with van der Waals surface area (Å²) in [5, 5.41) is 0. The summed E-state index contributed by atoms with van der Waals surface area (Å²) in [4.78, 5) is 14.1. The molecule has 0 radical (unpaired) electrons. The third kappa shape index (κ3) is 2.99. The Hall–Kier alpha value is -1.07. The molecule has 1 fully saturated rings. The molecule has 2 unspecified atom stereocenters. The van der Waals surface area contributed by atoms with Gasteiger partial charge in [0.25, 0.3) is 0 Å². The van der Waals surface area contributed by atoms with Crippen LogP contribution in [-0.4, -0.2) is 30.5 Å². The van der Waals surface area contributed by atoms with Crippen LogP contribution in [0.3, 0.4) is 0 Å². The lowest BCUT2D eigenvalue weighted by atomic mass is 9.99. The summed E-state index contributed by atoms with van der Waals surface area (Å²) in [6.07, 6.45) is 0.396. The summed E-state index contributed by atoms with van der Waals surface area (Å²) >= 11 is 3.48. The largest absolute Gasteiger partial charge is 0.496 e. The van der Waals surface area contributed by atoms with Gasteiger partial charge >= 0.3 is 0 Å². The lowest BCUT2D eigenvalue weighted by molar-refractivity contribution is -0.129. The van der Waals surface area contributed by atoms with Crippen LogP contribution in [0, 0.1) is 5.92 Å². The molecule has 1 amide bonds. The molecule has 1 aliphatic rings. The van der Waals surface area contributed by atoms with Crippen LogP contribution >= 0.6 is 15.9 Å². The highest BCUT2D eigenvalue weighted by atomic mass is 79.9. The van der Waals surface area contributed by atoms with E-state index in [2.05, 4.69) is 29.8 Å². The van der Waals surface area contributed by atoms with Crippen LogP contribution < -0.4 is 10.5 Å². The van der Waals surface area contributed by atoms with E-state index in [0.29, 0.717) is 18.9 Å². The van der Waals surface area contributed by atoms with E-state index in [1.165, 1.54) is 0 Å². The Kier molecular flexibility index (Phi) is 4.70. The summed E-state index contributed by atoms with van der Waals surface area (Å²) in [5.41, 5.74) is 7.18. The van der Waals surface area contributed by atoms with E-state index in [1.807, 2.05) is 23.1 Å². The van der Waals surface area contributed by atoms with E-state index in [0.717, 1.165) is 15.8 Å². The molecule has 0 aromatic heterocycles. The zero-order valence-corrected chi connectivity index (χ0v) is 13.7. The highest BCUT2D eigenvalue weighted by Gasteiger charge is 2.40. The number of halogens is 1. The summed E-state index contributed by atoms with van der Waals surface area (Å²) in [7, 11) is 1.64. The van der Waals surface area contributed by atoms with Crippen LogP contribution in [-0.2, 0) is 4.79 Å². The first-order valence-electron chi connectivity index (χ1n) is 6.82. The van der Waals surface area contributed by atoms with Gasteiger partial charge in [-0.1, -0.05) is 29.8 Å². The molecule has 2 N–H and O–H groups in total. The standard InChI is InChI=1S/C15H21BrN2O2/c1-9(2)8-18-14(19)7-12(17)15(18)11-6-10(16)4-5-13(11)20-3/h4-6,9,12,15H,7-8,17H2,1-3H3. The molecule has 0 bridgehead atoms. The van der Waals surface area contributed by atoms with Gasteiger partial charge in [-0.05, 0) is 24.1 Å². The number of nitrogens with zero attached hydrogens (tertiary/aromatic N) is 1. The second-order valence-corrected chi connectivity index (χ2v) is 6.55. The van der Waals surface area contributed by atoms with E-state index in [-0.39, 0.29) is 18.0 Å². The van der Waals surface area contributed by atoms with Gasteiger partial charge in [0.15, 0.2) is 0 Å². The van der Waals surface area contributed by atoms with Crippen LogP contribution in [0.4, 0.5) is 0 Å². The minimum atomic E-state index is -0.190. The molecule has 0 saturated carbocycles. The normalized spacial score (nSPS) is 22.7. The number of hydrogen-bond acceptors (Lipinski definition) is 3. The second-order valence-electron chi connectivity index (χ2n) is 5.64. The Balaban J connectivity index is 2.42. The molecule has 2 atom stereocenters. The Labute approximate surface area is 128 Å². The first-order valence-corrected chi connectivity index (χ1v) is 7.61. The Bertz CT molecular complexity index is 505. The van der Waals surface area contributed by atoms with Crippen molar-refractivity contribution in [3.05, 3.63) is 28.2 Å². The van der Waals surface area contributed by atoms with Crippen molar-refractivity contribution in [2.45, 2.75) is 32.4 Å². The fourth-order valence-electron chi connectivity index (χ4n) is 2.76. The average molecular weight is 341 g/mol. The minimum Gasteiger partial charge on any atom is -0.496 e. The maximum Gasteiger partial charge on any atom is 0.224 e. The van der Waals surface area contributed by atoms with Crippen molar-refractivity contribution in [3.63, 3.8) is 0 Å². The smallest absolute Gasteiger partial charge is 0.224 e. The molecule has 1 heterocycles. The predicted octanol–water partition coefficient (Wildman–Crippen LogP) is 2.71. The van der Waals surface area contributed by atoms with Gasteiger partial charge in [-0.25, -0.2) is 0 Å². The number of hydrogen-bond donors (Lipinski definition) is 1. The van der Waals surface area contributed by atoms with Gasteiger partial charge in [-0.15, -0.1) is 0 Å². The quantitative estimate of drug-likeness (QED) is 0.916. The highest BCUT2D eigenvalue weighted by Crippen LogP contribution is 2.38. The zero-order valence-electron chi connectivity index (χ0n) is 12.1. The maximum atomic E-state index is 12.2. The monoisotopic (exact) mass is 340 g/mol. The number of carbonyl (C=O) groups is 1. The third-order valence-electron chi connectivity index (χ3n) is 3.54. The summed E-state index contributed by atoms with van der Waals surface area (Å²) < 4.78 is 6.40. The van der Waals surface area contributed by atoms with Gasteiger partial charge in [0.2, 0.25) is 5.91 Å². The topological polar surface area (TPSA) is 55.6 Å². The number of benzene rings is 1. The van der Waals surface area contributed by atoms with Gasteiger partial charge in [-0.3, -0.25) is 4.79 Å². The van der Waals surface area contributed by atoms with Crippen LogP contribution in [0.25, 0.3) is 0 Å². The van der Waals surface area contributed by atoms with Crippen molar-refractivity contribution in [1.29, 1.82) is 0 Å². The maximum absolute atomic E-state index is 12.2. The lowest BCUT2D eigenvalue weighted by Crippen LogP contribution is -2.35. The van der Waals surface area contributed by atoms with Crippen LogP contribution in [0.2, 0.25) is 0 Å². The fraction of sp³-hybridized carbons (Fsp3) is 0.533. The molecule has 0 aliphatic carbocycles. The molecule has 1 aromatic rings. The van der Waals surface area contributed by atoms with Crippen molar-refractivity contribution in [2.75, 3.05) is 13.7 Å². The number of methoxy groups -OCH3 is 1. The SMILES string of the molecule is COc1ccc(Br)cc1C1C(N)CC(=O)N1CC(C)C. The third-order valence-corrected chi connectivity index (χ3v) is 4.04. The summed E-state index contributed by atoms with van der Waals surface area (Å²) in [5.74, 6) is 1.31. The minimum absolute atomic E-state index is 0.114. The van der Waals surface area contributed by atoms with Crippen LogP contribution in [0.5, 0.6) is 5.75 Å². The molecule has 110 valence electrons. The molecule has 2 rings (SSSR count). The zero-order chi connectivity index (χ0) is 14.9. The molecule has 1 saturated heterocycles. The number of amides is 1. The summed E-state index contributed by atoms with van der Waals surface area (Å²) in [6.45, 7) is 4.92. The average Bonchev–Trinajstić information content (AvgIpc) is 2.63. The molecule has 1 aliphatic heterocycles. The van der Waals surface area contributed by atoms with E-state index >= 15 is 0 Å². The fourth-order valence-corrected chi connectivity index (χ4v) is 3.14. The lowest BCUT2D eigenvalue weighted by Gasteiger charge is -2.30. The van der Waals surface area contributed by atoms with Gasteiger partial charge < -0.3 is 15.4 Å². The van der Waals surface area contributed by atoms with Crippen molar-refractivity contribution in [3.8, 4) is 5.75 Å². The number of rotatable bonds is 4. The van der Waals surface area contributed by atoms with Crippen LogP contribution in [0.1, 0.15) is 31.9 Å². The Morgan fingerprint density at radius 3 is 2.80 bits per heavy atom. The molecule has 20 heavy (non-hydrogen) atoms. The molecule has 1 aromatic carbocycles. The first-order chi connectivity index (χ1) is 9.43. The number of nitrogens with two attached hydrogens (primary N) is 1. The second kappa shape index (κ2) is 6.14. The van der Waals surface area contributed by atoms with E-state index in [1.54, 1.807) is 7.11 Å². The van der Waals surface area contributed by atoms with E-state index in [4.69, 9.17) is 10.5 Å². The van der Waals surface area contributed by atoms with Gasteiger partial charge in [0.05, 0.1) is 13.2 Å². The van der Waals surface area contributed by atoms with Gasteiger partial charge in [-0.2, -0.15) is 0 Å². The van der Waals surface area contributed by atoms with Crippen LogP contribution in [0.15, 0.2) is 22.7 Å². The van der Waals surface area contributed by atoms with Crippen molar-refractivity contribution in [2.24, 2.45) is 11.7 Å². The van der Waals surface area contributed by atoms with Gasteiger partial charge in [0.1, 0.15) is 5.75 Å². The van der Waals surface area contributed by atoms with Gasteiger partial charge in [0, 0.05) is 29.0 Å². The van der Waals surface area contributed by atoms with E-state index in [9.17, 15) is 4.79 Å². The Morgan fingerprint density at radius 2 is 2.20 bits per heavy atom. The molecular formula is C15H21BrN2O2. The molecule has 5 heteroatoms. The van der Waals surface area contributed by atoms with Crippen molar-refractivity contribution >= 4 is 21.8 Å². The van der Waals surface area contributed by atoms with Crippen molar-refractivity contribution < 1.29 is 9.53 Å².